The number of hydrogen-bond acceptors (Lipinski definition) is 4. The van der Waals surface area contributed by atoms with Gasteiger partial charge in [-0.25, -0.2) is 9.78 Å². The normalized spacial score (nSPS) is 11.3. The van der Waals surface area contributed by atoms with Crippen LogP contribution < -0.4 is 20.9 Å². The highest BCUT2D eigenvalue weighted by Gasteiger charge is 2.30. The molecule has 0 aliphatic heterocycles. The van der Waals surface area contributed by atoms with E-state index in [0.717, 1.165) is 17.7 Å². The third-order valence-corrected chi connectivity index (χ3v) is 4.80. The van der Waals surface area contributed by atoms with Crippen LogP contribution in [-0.4, -0.2) is 15.4 Å². The van der Waals surface area contributed by atoms with Gasteiger partial charge >= 0.3 is 12.2 Å². The number of hydrogen-bond donors (Lipinski definition) is 2. The number of nitrogens with one attached hydrogen (secondary N) is 2. The molecule has 2 N–H and O–H groups in total. The summed E-state index contributed by atoms with van der Waals surface area (Å²) < 4.78 is 45.7. The number of anilines is 2. The van der Waals surface area contributed by atoms with E-state index in [9.17, 15) is 22.8 Å². The minimum atomic E-state index is -4.51. The summed E-state index contributed by atoms with van der Waals surface area (Å²) in [6.45, 7) is 1.93. The molecule has 34 heavy (non-hydrogen) atoms. The largest absolute Gasteiger partial charge is 0.487 e. The Morgan fingerprint density at radius 2 is 1.71 bits per heavy atom. The summed E-state index contributed by atoms with van der Waals surface area (Å²) in [4.78, 5) is 28.9. The van der Waals surface area contributed by atoms with Gasteiger partial charge in [0.1, 0.15) is 18.0 Å². The summed E-state index contributed by atoms with van der Waals surface area (Å²) in [5, 5.41) is 4.92. The van der Waals surface area contributed by atoms with Crippen molar-refractivity contribution in [2.24, 2.45) is 0 Å². The van der Waals surface area contributed by atoms with Gasteiger partial charge in [-0.15, -0.1) is 0 Å². The number of carbonyl (C=O) groups excluding carboxylic acids is 1. The average molecular weight is 468 g/mol. The Hall–Kier alpha value is -4.34. The van der Waals surface area contributed by atoms with E-state index in [-0.39, 0.29) is 17.9 Å². The van der Waals surface area contributed by atoms with Gasteiger partial charge in [-0.05, 0) is 55.0 Å². The first kappa shape index (κ1) is 22.8. The lowest BCUT2D eigenvalue weighted by Gasteiger charge is -2.12. The van der Waals surface area contributed by atoms with Crippen molar-refractivity contribution in [1.82, 2.24) is 9.38 Å². The van der Waals surface area contributed by atoms with Crippen molar-refractivity contribution in [1.29, 1.82) is 0 Å². The predicted octanol–water partition coefficient (Wildman–Crippen LogP) is 5.24. The van der Waals surface area contributed by atoms with Crippen LogP contribution in [0.1, 0.15) is 16.8 Å². The van der Waals surface area contributed by atoms with Crippen LogP contribution in [-0.2, 0) is 12.8 Å². The Morgan fingerprint density at radius 1 is 1.00 bits per heavy atom. The van der Waals surface area contributed by atoms with Crippen molar-refractivity contribution < 1.29 is 22.7 Å². The first-order chi connectivity index (χ1) is 16.2. The summed E-state index contributed by atoms with van der Waals surface area (Å²) >= 11 is 0. The van der Waals surface area contributed by atoms with E-state index in [1.807, 2.05) is 13.0 Å². The Kier molecular flexibility index (Phi) is 6.22. The molecule has 0 bridgehead atoms. The highest BCUT2D eigenvalue weighted by Crippen LogP contribution is 2.30. The maximum Gasteiger partial charge on any atom is 0.416 e. The SMILES string of the molecule is Cc1ccn2c(=O)cc(COc3cccc(NC(=O)Nc4cccc(C(F)(F)F)c4)c3)nc2c1. The van der Waals surface area contributed by atoms with Crippen LogP contribution in [0.4, 0.5) is 29.3 Å². The maximum atomic E-state index is 12.8. The molecule has 2 aromatic heterocycles. The van der Waals surface area contributed by atoms with Gasteiger partial charge in [0.15, 0.2) is 0 Å². The molecule has 0 radical (unpaired) electrons. The van der Waals surface area contributed by atoms with Crippen LogP contribution >= 0.6 is 0 Å². The fourth-order valence-electron chi connectivity index (χ4n) is 3.22. The zero-order valence-corrected chi connectivity index (χ0v) is 17.9. The molecule has 174 valence electrons. The lowest BCUT2D eigenvalue weighted by molar-refractivity contribution is -0.137. The van der Waals surface area contributed by atoms with E-state index < -0.39 is 17.8 Å². The van der Waals surface area contributed by atoms with E-state index in [4.69, 9.17) is 4.74 Å². The molecule has 7 nitrogen and oxygen atoms in total. The second-order valence-corrected chi connectivity index (χ2v) is 7.49. The number of alkyl halides is 3. The topological polar surface area (TPSA) is 84.7 Å². The van der Waals surface area contributed by atoms with Crippen LogP contribution in [0.25, 0.3) is 5.65 Å². The Morgan fingerprint density at radius 3 is 2.44 bits per heavy atom. The minimum Gasteiger partial charge on any atom is -0.487 e. The third kappa shape index (κ3) is 5.52. The minimum absolute atomic E-state index is 0.00336. The average Bonchev–Trinajstić information content (AvgIpc) is 2.77. The Labute approximate surface area is 191 Å². The van der Waals surface area contributed by atoms with E-state index in [0.29, 0.717) is 22.8 Å². The molecule has 4 aromatic rings. The number of nitrogens with zero attached hydrogens (tertiary/aromatic N) is 2. The zero-order chi connectivity index (χ0) is 24.3. The van der Waals surface area contributed by atoms with Gasteiger partial charge < -0.3 is 15.4 Å². The highest BCUT2D eigenvalue weighted by molar-refractivity contribution is 5.99. The van der Waals surface area contributed by atoms with Crippen LogP contribution in [0.3, 0.4) is 0 Å². The molecule has 2 aromatic carbocycles. The smallest absolute Gasteiger partial charge is 0.416 e. The number of aromatic nitrogens is 2. The van der Waals surface area contributed by atoms with Gasteiger partial charge in [-0.2, -0.15) is 13.2 Å². The maximum absolute atomic E-state index is 12.8. The summed E-state index contributed by atoms with van der Waals surface area (Å²) in [7, 11) is 0. The number of fused-ring (bicyclic) bond motifs is 1. The number of aryl methyl sites for hydroxylation is 1. The molecule has 0 fully saturated rings. The molecule has 0 spiro atoms. The van der Waals surface area contributed by atoms with E-state index >= 15 is 0 Å². The van der Waals surface area contributed by atoms with Crippen LogP contribution in [0.15, 0.2) is 77.7 Å². The van der Waals surface area contributed by atoms with E-state index in [2.05, 4.69) is 15.6 Å². The fourth-order valence-corrected chi connectivity index (χ4v) is 3.22. The van der Waals surface area contributed by atoms with Gasteiger partial charge in [0.05, 0.1) is 11.3 Å². The number of amides is 2. The van der Waals surface area contributed by atoms with Crippen molar-refractivity contribution in [3.63, 3.8) is 0 Å². The molecule has 2 heterocycles. The number of halogens is 3. The zero-order valence-electron chi connectivity index (χ0n) is 17.9. The van der Waals surface area contributed by atoms with Crippen molar-refractivity contribution in [2.45, 2.75) is 19.7 Å². The van der Waals surface area contributed by atoms with Gasteiger partial charge in [-0.1, -0.05) is 12.1 Å². The number of urea groups is 1. The highest BCUT2D eigenvalue weighted by atomic mass is 19.4. The lowest BCUT2D eigenvalue weighted by atomic mass is 10.2. The molecule has 10 heteroatoms. The van der Waals surface area contributed by atoms with Crippen LogP contribution in [0.5, 0.6) is 5.75 Å². The Balaban J connectivity index is 1.41. The summed E-state index contributed by atoms with van der Waals surface area (Å²) in [6.07, 6.45) is -2.85. The molecule has 0 saturated heterocycles. The molecule has 0 aliphatic carbocycles. The van der Waals surface area contributed by atoms with Gasteiger partial charge in [0, 0.05) is 29.7 Å². The van der Waals surface area contributed by atoms with Crippen LogP contribution in [0, 0.1) is 6.92 Å². The molecule has 0 atom stereocenters. The molecule has 2 amide bonds. The first-order valence-corrected chi connectivity index (χ1v) is 10.1. The first-order valence-electron chi connectivity index (χ1n) is 10.1. The van der Waals surface area contributed by atoms with Crippen molar-refractivity contribution >= 4 is 23.1 Å². The summed E-state index contributed by atoms with van der Waals surface area (Å²) in [6, 6.07) is 15.1. The summed E-state index contributed by atoms with van der Waals surface area (Å²) in [5.41, 5.74) is 1.19. The molecule has 4 rings (SSSR count). The van der Waals surface area contributed by atoms with Crippen LogP contribution in [0.2, 0.25) is 0 Å². The summed E-state index contributed by atoms with van der Waals surface area (Å²) in [5.74, 6) is 0.406. The van der Waals surface area contributed by atoms with Gasteiger partial charge in [0.2, 0.25) is 0 Å². The van der Waals surface area contributed by atoms with Crippen molar-refractivity contribution in [3.05, 3.63) is 100 Å². The number of carbonyl (C=O) groups is 1. The van der Waals surface area contributed by atoms with E-state index in [1.54, 1.807) is 36.5 Å². The standard InChI is InChI=1S/C24H19F3N4O3/c1-15-8-9-31-21(10-15)28-19(13-22(31)32)14-34-20-7-3-6-18(12-20)30-23(33)29-17-5-2-4-16(11-17)24(25,26)27/h2-13H,14H2,1H3,(H2,29,30,33). The molecule has 0 aliphatic rings. The fraction of sp³-hybridized carbons (Fsp3) is 0.125. The molecular formula is C24H19F3N4O3. The molecule has 0 unspecified atom stereocenters. The quantitative estimate of drug-likeness (QED) is 0.419. The third-order valence-electron chi connectivity index (χ3n) is 4.80. The van der Waals surface area contributed by atoms with Gasteiger partial charge in [0.25, 0.3) is 5.56 Å². The monoisotopic (exact) mass is 468 g/mol. The second kappa shape index (κ2) is 9.26. The predicted molar refractivity (Wildman–Crippen MR) is 121 cm³/mol. The number of benzene rings is 2. The number of pyridine rings is 1. The lowest BCUT2D eigenvalue weighted by Crippen LogP contribution is -2.19. The van der Waals surface area contributed by atoms with Gasteiger partial charge in [-0.3, -0.25) is 9.20 Å². The second-order valence-electron chi connectivity index (χ2n) is 7.49. The van der Waals surface area contributed by atoms with E-state index in [1.165, 1.54) is 22.6 Å². The molecule has 0 saturated carbocycles. The Bertz CT molecular complexity index is 1420. The number of ether oxygens (including phenoxy) is 1. The van der Waals surface area contributed by atoms with Crippen molar-refractivity contribution in [3.8, 4) is 5.75 Å². The molecular weight excluding hydrogens is 449 g/mol. The van der Waals surface area contributed by atoms with Crippen molar-refractivity contribution in [2.75, 3.05) is 10.6 Å². The number of rotatable bonds is 5.